The quantitative estimate of drug-likeness (QED) is 0.418. The predicted octanol–water partition coefficient (Wildman–Crippen LogP) is 0.582. The lowest BCUT2D eigenvalue weighted by Crippen LogP contribution is -2.23. The molecule has 0 aliphatic carbocycles. The summed E-state index contributed by atoms with van der Waals surface area (Å²) >= 11 is 0. The van der Waals surface area contributed by atoms with Crippen molar-refractivity contribution in [1.82, 2.24) is 5.32 Å². The molecular formula is C11H23NO4. The molecule has 5 nitrogen and oxygen atoms in total. The summed E-state index contributed by atoms with van der Waals surface area (Å²) in [5.74, 6) is -0.156. The molecule has 5 heteroatoms. The molecule has 0 aromatic carbocycles. The Bertz CT molecular complexity index is 164. The van der Waals surface area contributed by atoms with Gasteiger partial charge in [0.05, 0.1) is 19.6 Å². The minimum Gasteiger partial charge on any atom is -0.466 e. The van der Waals surface area contributed by atoms with Crippen LogP contribution in [0.2, 0.25) is 0 Å². The van der Waals surface area contributed by atoms with Crippen LogP contribution in [0.25, 0.3) is 0 Å². The summed E-state index contributed by atoms with van der Waals surface area (Å²) < 4.78 is 15.0. The van der Waals surface area contributed by atoms with Gasteiger partial charge in [-0.25, -0.2) is 0 Å². The van der Waals surface area contributed by atoms with Gasteiger partial charge >= 0.3 is 5.97 Å². The van der Waals surface area contributed by atoms with Gasteiger partial charge in [-0.05, 0) is 13.3 Å². The van der Waals surface area contributed by atoms with E-state index in [0.717, 1.165) is 19.6 Å². The first kappa shape index (κ1) is 15.3. The lowest BCUT2D eigenvalue weighted by atomic mass is 10.4. The van der Waals surface area contributed by atoms with Gasteiger partial charge in [0.25, 0.3) is 0 Å². The zero-order chi connectivity index (χ0) is 12.1. The summed E-state index contributed by atoms with van der Waals surface area (Å²) in [6.45, 7) is 5.75. The number of esters is 1. The number of nitrogens with one attached hydrogen (secondary N) is 1. The fraction of sp³-hybridized carbons (Fsp3) is 0.909. The third kappa shape index (κ3) is 11.4. The predicted molar refractivity (Wildman–Crippen MR) is 61.4 cm³/mol. The van der Waals surface area contributed by atoms with Gasteiger partial charge in [0, 0.05) is 33.4 Å². The minimum atomic E-state index is -0.156. The van der Waals surface area contributed by atoms with Crippen LogP contribution in [0.1, 0.15) is 19.8 Å². The van der Waals surface area contributed by atoms with Crippen molar-refractivity contribution in [3.05, 3.63) is 0 Å². The molecule has 0 amide bonds. The monoisotopic (exact) mass is 233 g/mol. The molecule has 0 atom stereocenters. The molecule has 0 unspecified atom stereocenters. The second-order valence-corrected chi connectivity index (χ2v) is 3.26. The topological polar surface area (TPSA) is 56.8 Å². The SMILES string of the molecule is CCOC(=O)CCNCCOCCCOC. The Morgan fingerprint density at radius 1 is 1.19 bits per heavy atom. The molecule has 0 rings (SSSR count). The molecule has 0 aliphatic heterocycles. The van der Waals surface area contributed by atoms with E-state index in [9.17, 15) is 4.79 Å². The van der Waals surface area contributed by atoms with Gasteiger partial charge in [0.2, 0.25) is 0 Å². The maximum Gasteiger partial charge on any atom is 0.307 e. The molecule has 1 N–H and O–H groups in total. The maximum absolute atomic E-state index is 10.9. The van der Waals surface area contributed by atoms with Gasteiger partial charge in [0.15, 0.2) is 0 Å². The van der Waals surface area contributed by atoms with E-state index in [2.05, 4.69) is 5.32 Å². The van der Waals surface area contributed by atoms with Gasteiger partial charge in [-0.15, -0.1) is 0 Å². The van der Waals surface area contributed by atoms with E-state index in [1.165, 1.54) is 0 Å². The van der Waals surface area contributed by atoms with Crippen LogP contribution in [0.15, 0.2) is 0 Å². The Hall–Kier alpha value is -0.650. The Balaban J connectivity index is 3.01. The average molecular weight is 233 g/mol. The van der Waals surface area contributed by atoms with Crippen LogP contribution in [-0.2, 0) is 19.0 Å². The van der Waals surface area contributed by atoms with Crippen LogP contribution in [0.4, 0.5) is 0 Å². The van der Waals surface area contributed by atoms with Crippen molar-refractivity contribution in [1.29, 1.82) is 0 Å². The van der Waals surface area contributed by atoms with Crippen LogP contribution in [0.5, 0.6) is 0 Å². The van der Waals surface area contributed by atoms with Gasteiger partial charge in [-0.1, -0.05) is 0 Å². The largest absolute Gasteiger partial charge is 0.466 e. The summed E-state index contributed by atoms with van der Waals surface area (Å²) in [7, 11) is 1.68. The molecule has 0 aromatic rings. The number of methoxy groups -OCH3 is 1. The highest BCUT2D eigenvalue weighted by atomic mass is 16.5. The smallest absolute Gasteiger partial charge is 0.307 e. The molecule has 0 spiro atoms. The Kier molecular flexibility index (Phi) is 11.9. The summed E-state index contributed by atoms with van der Waals surface area (Å²) in [5, 5.41) is 3.11. The lowest BCUT2D eigenvalue weighted by Gasteiger charge is -2.05. The number of hydrogen-bond acceptors (Lipinski definition) is 5. The van der Waals surface area contributed by atoms with Crippen molar-refractivity contribution >= 4 is 5.97 Å². The summed E-state index contributed by atoms with van der Waals surface area (Å²) in [6.07, 6.45) is 1.33. The maximum atomic E-state index is 10.9. The van der Waals surface area contributed by atoms with E-state index in [4.69, 9.17) is 14.2 Å². The van der Waals surface area contributed by atoms with Crippen LogP contribution in [0, 0.1) is 0 Å². The van der Waals surface area contributed by atoms with E-state index in [-0.39, 0.29) is 5.97 Å². The fourth-order valence-electron chi connectivity index (χ4n) is 1.10. The summed E-state index contributed by atoms with van der Waals surface area (Å²) in [5.41, 5.74) is 0. The van der Waals surface area contributed by atoms with Crippen molar-refractivity contribution in [3.8, 4) is 0 Å². The van der Waals surface area contributed by atoms with Crippen molar-refractivity contribution < 1.29 is 19.0 Å². The second kappa shape index (κ2) is 12.4. The van der Waals surface area contributed by atoms with Crippen molar-refractivity contribution in [2.75, 3.05) is 46.6 Å². The summed E-state index contributed by atoms with van der Waals surface area (Å²) in [4.78, 5) is 10.9. The van der Waals surface area contributed by atoms with Gasteiger partial charge < -0.3 is 19.5 Å². The van der Waals surface area contributed by atoms with Crippen molar-refractivity contribution in [3.63, 3.8) is 0 Å². The highest BCUT2D eigenvalue weighted by molar-refractivity contribution is 5.69. The number of carbonyl (C=O) groups is 1. The van der Waals surface area contributed by atoms with E-state index in [1.54, 1.807) is 14.0 Å². The standard InChI is InChI=1S/C11H23NO4/c1-3-16-11(13)5-6-12-7-10-15-9-4-8-14-2/h12H,3-10H2,1-2H3. The Morgan fingerprint density at radius 2 is 2.00 bits per heavy atom. The fourth-order valence-corrected chi connectivity index (χ4v) is 1.10. The number of hydrogen-bond donors (Lipinski definition) is 1. The molecule has 0 bridgehead atoms. The highest BCUT2D eigenvalue weighted by Crippen LogP contribution is 1.85. The van der Waals surface area contributed by atoms with Crippen molar-refractivity contribution in [2.24, 2.45) is 0 Å². The van der Waals surface area contributed by atoms with E-state index < -0.39 is 0 Å². The first-order chi connectivity index (χ1) is 7.81. The molecule has 0 heterocycles. The van der Waals surface area contributed by atoms with E-state index in [1.807, 2.05) is 0 Å². The van der Waals surface area contributed by atoms with Crippen LogP contribution in [0.3, 0.4) is 0 Å². The average Bonchev–Trinajstić information content (AvgIpc) is 2.27. The zero-order valence-electron chi connectivity index (χ0n) is 10.3. The molecule has 0 aliphatic rings. The number of carbonyl (C=O) groups excluding carboxylic acids is 1. The second-order valence-electron chi connectivity index (χ2n) is 3.26. The molecule has 0 radical (unpaired) electrons. The van der Waals surface area contributed by atoms with Gasteiger partial charge in [0.1, 0.15) is 0 Å². The van der Waals surface area contributed by atoms with Gasteiger partial charge in [-0.2, -0.15) is 0 Å². The Labute approximate surface area is 97.4 Å². The van der Waals surface area contributed by atoms with Crippen LogP contribution >= 0.6 is 0 Å². The third-order valence-electron chi connectivity index (χ3n) is 1.87. The molecule has 16 heavy (non-hydrogen) atoms. The van der Waals surface area contributed by atoms with Crippen molar-refractivity contribution in [2.45, 2.75) is 19.8 Å². The third-order valence-corrected chi connectivity index (χ3v) is 1.87. The number of ether oxygens (including phenoxy) is 3. The Morgan fingerprint density at radius 3 is 2.69 bits per heavy atom. The lowest BCUT2D eigenvalue weighted by molar-refractivity contribution is -0.142. The normalized spacial score (nSPS) is 10.4. The minimum absolute atomic E-state index is 0.156. The molecule has 0 aromatic heterocycles. The molecular weight excluding hydrogens is 210 g/mol. The van der Waals surface area contributed by atoms with E-state index in [0.29, 0.717) is 32.8 Å². The first-order valence-electron chi connectivity index (χ1n) is 5.74. The zero-order valence-corrected chi connectivity index (χ0v) is 10.3. The van der Waals surface area contributed by atoms with Crippen LogP contribution in [-0.4, -0.2) is 52.6 Å². The molecule has 0 saturated carbocycles. The highest BCUT2D eigenvalue weighted by Gasteiger charge is 1.99. The first-order valence-corrected chi connectivity index (χ1v) is 5.74. The molecule has 96 valence electrons. The van der Waals surface area contributed by atoms with E-state index >= 15 is 0 Å². The number of rotatable bonds is 11. The van der Waals surface area contributed by atoms with Gasteiger partial charge in [-0.3, -0.25) is 4.79 Å². The van der Waals surface area contributed by atoms with Crippen LogP contribution < -0.4 is 5.32 Å². The summed E-state index contributed by atoms with van der Waals surface area (Å²) in [6, 6.07) is 0. The molecule has 0 saturated heterocycles. The molecule has 0 fully saturated rings.